The third-order valence-corrected chi connectivity index (χ3v) is 5.83. The number of fused-ring (bicyclic) bond motifs is 1. The molecule has 1 aliphatic heterocycles. The average molecular weight is 403 g/mol. The molecule has 0 amide bonds. The molecule has 6 nitrogen and oxygen atoms in total. The first-order chi connectivity index (χ1) is 13.5. The number of hydrogen-bond acceptors (Lipinski definition) is 4. The van der Waals surface area contributed by atoms with Crippen LogP contribution in [0.5, 0.6) is 0 Å². The van der Waals surface area contributed by atoms with E-state index in [0.29, 0.717) is 13.1 Å². The lowest BCUT2D eigenvalue weighted by atomic mass is 10.0. The predicted molar refractivity (Wildman–Crippen MR) is 107 cm³/mol. The van der Waals surface area contributed by atoms with Crippen LogP contribution < -0.4 is 16.1 Å². The van der Waals surface area contributed by atoms with Crippen LogP contribution in [-0.4, -0.2) is 34.8 Å². The van der Waals surface area contributed by atoms with Crippen molar-refractivity contribution in [3.63, 3.8) is 0 Å². The molecule has 29 heavy (non-hydrogen) atoms. The Morgan fingerprint density at radius 1 is 1.28 bits per heavy atom. The van der Waals surface area contributed by atoms with Gasteiger partial charge in [0.05, 0.1) is 10.9 Å². The first-order valence-corrected chi connectivity index (χ1v) is 9.53. The van der Waals surface area contributed by atoms with Gasteiger partial charge in [0, 0.05) is 30.9 Å². The van der Waals surface area contributed by atoms with E-state index in [-0.39, 0.29) is 22.6 Å². The lowest BCUT2D eigenvalue weighted by Crippen LogP contribution is -2.31. The van der Waals surface area contributed by atoms with Crippen LogP contribution in [0, 0.1) is 11.6 Å². The van der Waals surface area contributed by atoms with Crippen LogP contribution in [0.15, 0.2) is 28.2 Å². The topological polar surface area (TPSA) is 88.6 Å². The highest BCUT2D eigenvalue weighted by Gasteiger charge is 2.34. The van der Waals surface area contributed by atoms with Crippen LogP contribution in [-0.2, 0) is 5.54 Å². The third kappa shape index (κ3) is 2.93. The summed E-state index contributed by atoms with van der Waals surface area (Å²) in [5, 5.41) is 9.09. The Morgan fingerprint density at radius 2 is 1.97 bits per heavy atom. The number of hydrogen-bond donors (Lipinski definition) is 2. The Morgan fingerprint density at radius 3 is 2.55 bits per heavy atom. The van der Waals surface area contributed by atoms with Crippen molar-refractivity contribution >= 4 is 22.6 Å². The van der Waals surface area contributed by atoms with Crippen LogP contribution in [0.2, 0.25) is 0 Å². The van der Waals surface area contributed by atoms with E-state index in [2.05, 4.69) is 0 Å². The Kier molecular flexibility index (Phi) is 4.31. The average Bonchev–Trinajstić information content (AvgIpc) is 3.16. The summed E-state index contributed by atoms with van der Waals surface area (Å²) in [6.07, 6.45) is 2.80. The van der Waals surface area contributed by atoms with Crippen LogP contribution in [0.4, 0.5) is 14.5 Å². The molecular weight excluding hydrogens is 380 g/mol. The maximum absolute atomic E-state index is 15.7. The first kappa shape index (κ1) is 19.6. The van der Waals surface area contributed by atoms with Crippen molar-refractivity contribution in [2.75, 3.05) is 18.0 Å². The molecule has 1 aromatic carbocycles. The van der Waals surface area contributed by atoms with E-state index in [9.17, 15) is 14.7 Å². The molecule has 154 valence electrons. The molecule has 1 aromatic heterocycles. The highest BCUT2D eigenvalue weighted by atomic mass is 19.1. The summed E-state index contributed by atoms with van der Waals surface area (Å²) >= 11 is 0. The van der Waals surface area contributed by atoms with Crippen LogP contribution in [0.1, 0.15) is 44.0 Å². The standard InChI is InChI=1S/C21H23F2N3O3/c1-21(2,3)26-9-13(20(28)29)19(27)11-6-14(22)18(16(23)17(11)26)25-7-10-4-5-15(24)12(10)8-25/h6,9,15H,4-5,7-8,24H2,1-3H3,(H,28,29). The molecule has 0 fully saturated rings. The zero-order valence-electron chi connectivity index (χ0n) is 16.6. The molecule has 0 spiro atoms. The van der Waals surface area contributed by atoms with Gasteiger partial charge in [0.15, 0.2) is 5.82 Å². The van der Waals surface area contributed by atoms with Crippen molar-refractivity contribution in [2.45, 2.75) is 45.2 Å². The summed E-state index contributed by atoms with van der Waals surface area (Å²) < 4.78 is 32.1. The zero-order chi connectivity index (χ0) is 21.2. The number of anilines is 1. The third-order valence-electron chi connectivity index (χ3n) is 5.83. The van der Waals surface area contributed by atoms with Gasteiger partial charge in [-0.05, 0) is 50.8 Å². The van der Waals surface area contributed by atoms with Gasteiger partial charge in [-0.2, -0.15) is 0 Å². The molecule has 2 aromatic rings. The van der Waals surface area contributed by atoms with Gasteiger partial charge in [-0.1, -0.05) is 0 Å². The van der Waals surface area contributed by atoms with Gasteiger partial charge in [-0.25, -0.2) is 13.6 Å². The van der Waals surface area contributed by atoms with Gasteiger partial charge >= 0.3 is 5.97 Å². The molecule has 8 heteroatoms. The Hall–Kier alpha value is -2.74. The molecule has 1 atom stereocenters. The summed E-state index contributed by atoms with van der Waals surface area (Å²) in [7, 11) is 0. The lowest BCUT2D eigenvalue weighted by molar-refractivity contribution is 0.0694. The molecule has 2 heterocycles. The number of carbonyl (C=O) groups is 1. The number of halogens is 2. The molecule has 0 radical (unpaired) electrons. The quantitative estimate of drug-likeness (QED) is 0.753. The van der Waals surface area contributed by atoms with E-state index in [1.165, 1.54) is 4.57 Å². The summed E-state index contributed by atoms with van der Waals surface area (Å²) in [5.74, 6) is -3.18. The van der Waals surface area contributed by atoms with Gasteiger partial charge in [-0.3, -0.25) is 4.79 Å². The molecule has 2 aliphatic rings. The molecule has 0 saturated heterocycles. The van der Waals surface area contributed by atoms with Crippen molar-refractivity contribution in [3.8, 4) is 0 Å². The lowest BCUT2D eigenvalue weighted by Gasteiger charge is -2.29. The van der Waals surface area contributed by atoms with E-state index in [1.54, 1.807) is 25.7 Å². The largest absolute Gasteiger partial charge is 0.477 e. The van der Waals surface area contributed by atoms with Crippen molar-refractivity contribution in [2.24, 2.45) is 5.73 Å². The number of aromatic carboxylic acids is 1. The van der Waals surface area contributed by atoms with Crippen molar-refractivity contribution in [1.29, 1.82) is 0 Å². The number of pyridine rings is 1. The SMILES string of the molecule is CC(C)(C)n1cc(C(=O)O)c(=O)c2cc(F)c(N3CC4=C(C3)C(N)CC4)c(F)c21. The normalized spacial score (nSPS) is 19.4. The van der Waals surface area contributed by atoms with E-state index < -0.39 is 34.1 Å². The molecule has 0 bridgehead atoms. The second-order valence-electron chi connectivity index (χ2n) is 8.77. The van der Waals surface area contributed by atoms with Gasteiger partial charge in [0.1, 0.15) is 17.1 Å². The molecule has 1 unspecified atom stereocenters. The maximum atomic E-state index is 15.7. The number of benzene rings is 1. The minimum Gasteiger partial charge on any atom is -0.477 e. The number of carboxylic acids is 1. The van der Waals surface area contributed by atoms with Gasteiger partial charge < -0.3 is 20.3 Å². The smallest absolute Gasteiger partial charge is 0.341 e. The summed E-state index contributed by atoms with van der Waals surface area (Å²) in [6, 6.07) is 0.862. The van der Waals surface area contributed by atoms with Crippen LogP contribution in [0.25, 0.3) is 10.9 Å². The maximum Gasteiger partial charge on any atom is 0.341 e. The Labute approximate surface area is 166 Å². The summed E-state index contributed by atoms with van der Waals surface area (Å²) in [6.45, 7) is 6.03. The number of carboxylic acid groups (broad SMARTS) is 1. The van der Waals surface area contributed by atoms with Crippen molar-refractivity contribution in [3.05, 3.63) is 50.8 Å². The zero-order valence-corrected chi connectivity index (χ0v) is 16.6. The monoisotopic (exact) mass is 403 g/mol. The molecule has 4 rings (SSSR count). The number of aromatic nitrogens is 1. The van der Waals surface area contributed by atoms with E-state index in [1.807, 2.05) is 0 Å². The Balaban J connectivity index is 1.97. The fourth-order valence-electron chi connectivity index (χ4n) is 4.36. The number of rotatable bonds is 2. The van der Waals surface area contributed by atoms with Crippen LogP contribution >= 0.6 is 0 Å². The highest BCUT2D eigenvalue weighted by molar-refractivity contribution is 5.94. The summed E-state index contributed by atoms with van der Waals surface area (Å²) in [4.78, 5) is 25.7. The number of nitrogens with two attached hydrogens (primary N) is 1. The highest BCUT2D eigenvalue weighted by Crippen LogP contribution is 2.38. The van der Waals surface area contributed by atoms with Gasteiger partial charge in [-0.15, -0.1) is 0 Å². The molecular formula is C21H23F2N3O3. The number of nitrogens with zero attached hydrogens (tertiary/aromatic N) is 2. The van der Waals surface area contributed by atoms with Gasteiger partial charge in [0.2, 0.25) is 5.43 Å². The van der Waals surface area contributed by atoms with E-state index >= 15 is 8.78 Å². The molecule has 3 N–H and O–H groups in total. The second kappa shape index (κ2) is 6.38. The van der Waals surface area contributed by atoms with Crippen molar-refractivity contribution < 1.29 is 18.7 Å². The fourth-order valence-corrected chi connectivity index (χ4v) is 4.36. The summed E-state index contributed by atoms with van der Waals surface area (Å²) in [5.41, 5.74) is 5.78. The Bertz CT molecular complexity index is 1140. The van der Waals surface area contributed by atoms with Crippen LogP contribution in [0.3, 0.4) is 0 Å². The minimum atomic E-state index is -1.44. The van der Waals surface area contributed by atoms with E-state index in [4.69, 9.17) is 5.73 Å². The first-order valence-electron chi connectivity index (χ1n) is 9.53. The fraction of sp³-hybridized carbons (Fsp3) is 0.429. The van der Waals surface area contributed by atoms with Crippen molar-refractivity contribution in [1.82, 2.24) is 4.57 Å². The van der Waals surface area contributed by atoms with Gasteiger partial charge in [0.25, 0.3) is 0 Å². The van der Waals surface area contributed by atoms with E-state index in [0.717, 1.165) is 36.3 Å². The minimum absolute atomic E-state index is 0.0903. The second-order valence-corrected chi connectivity index (χ2v) is 8.77. The molecule has 1 aliphatic carbocycles. The molecule has 0 saturated carbocycles. The predicted octanol–water partition coefficient (Wildman–Crippen LogP) is 2.97.